The fourth-order valence-electron chi connectivity index (χ4n) is 4.35. The van der Waals surface area contributed by atoms with Crippen LogP contribution in [0.4, 0.5) is 10.1 Å². The van der Waals surface area contributed by atoms with Crippen LogP contribution in [-0.4, -0.2) is 59.2 Å². The Kier molecular flexibility index (Phi) is 7.32. The lowest BCUT2D eigenvalue weighted by Gasteiger charge is -2.38. The average molecular weight is 501 g/mol. The van der Waals surface area contributed by atoms with Crippen LogP contribution in [0.3, 0.4) is 0 Å². The van der Waals surface area contributed by atoms with Crippen molar-refractivity contribution in [1.29, 1.82) is 0 Å². The first-order chi connectivity index (χ1) is 16.7. The molecule has 1 fully saturated rings. The van der Waals surface area contributed by atoms with Gasteiger partial charge in [0.05, 0.1) is 17.3 Å². The summed E-state index contributed by atoms with van der Waals surface area (Å²) in [5, 5.41) is 10.7. The number of rotatable bonds is 8. The smallest absolute Gasteiger partial charge is 0.264 e. The van der Waals surface area contributed by atoms with Crippen molar-refractivity contribution in [3.63, 3.8) is 0 Å². The summed E-state index contributed by atoms with van der Waals surface area (Å²) in [6, 6.07) is 11.0. The van der Waals surface area contributed by atoms with E-state index in [1.54, 1.807) is 41.3 Å². The number of sulfonamides is 1. The number of hydrogen-bond donors (Lipinski definition) is 2. The highest BCUT2D eigenvalue weighted by Gasteiger charge is 2.33. The van der Waals surface area contributed by atoms with Crippen LogP contribution >= 0.6 is 0 Å². The highest BCUT2D eigenvalue weighted by Crippen LogP contribution is 2.29. The molecule has 1 aliphatic rings. The number of anilines is 1. The molecule has 0 bridgehead atoms. The van der Waals surface area contributed by atoms with Gasteiger partial charge in [0.15, 0.2) is 0 Å². The Hall–Kier alpha value is -3.11. The number of halogens is 1. The summed E-state index contributed by atoms with van der Waals surface area (Å²) in [6.45, 7) is 2.34. The highest BCUT2D eigenvalue weighted by atomic mass is 32.2. The number of aliphatic hydroxyl groups is 1. The van der Waals surface area contributed by atoms with E-state index in [4.69, 9.17) is 0 Å². The van der Waals surface area contributed by atoms with Gasteiger partial charge >= 0.3 is 0 Å². The van der Waals surface area contributed by atoms with Crippen LogP contribution in [0.25, 0.3) is 11.0 Å². The van der Waals surface area contributed by atoms with E-state index in [1.807, 2.05) is 0 Å². The lowest BCUT2D eigenvalue weighted by Crippen LogP contribution is -2.46. The molecule has 3 aromatic rings. The SMILES string of the molecule is CC(F)CCCC1(O)CCN(C(=O)c2ccc(NS(=O)(=O)c3cccc4nccnc34)cc2)CC1. The summed E-state index contributed by atoms with van der Waals surface area (Å²) in [5.74, 6) is -0.178. The molecular formula is C25H29FN4O4S. The number of aromatic nitrogens is 2. The van der Waals surface area contributed by atoms with Gasteiger partial charge < -0.3 is 10.0 Å². The first-order valence-electron chi connectivity index (χ1n) is 11.7. The number of alkyl halides is 1. The van der Waals surface area contributed by atoms with E-state index in [0.717, 1.165) is 0 Å². The van der Waals surface area contributed by atoms with Crippen LogP contribution in [0.1, 0.15) is 49.4 Å². The average Bonchev–Trinajstić information content (AvgIpc) is 2.83. The molecule has 1 atom stereocenters. The zero-order valence-corrected chi connectivity index (χ0v) is 20.3. The molecule has 0 radical (unpaired) electrons. The van der Waals surface area contributed by atoms with Gasteiger partial charge in [-0.3, -0.25) is 19.5 Å². The summed E-state index contributed by atoms with van der Waals surface area (Å²) in [4.78, 5) is 22.9. The van der Waals surface area contributed by atoms with Crippen molar-refractivity contribution >= 4 is 32.7 Å². The minimum atomic E-state index is -3.92. The van der Waals surface area contributed by atoms with Crippen molar-refractivity contribution in [2.75, 3.05) is 17.8 Å². The molecule has 2 heterocycles. The molecule has 8 nitrogen and oxygen atoms in total. The van der Waals surface area contributed by atoms with Crippen LogP contribution in [0.5, 0.6) is 0 Å². The van der Waals surface area contributed by atoms with E-state index in [2.05, 4.69) is 14.7 Å². The molecule has 1 amide bonds. The molecule has 0 aliphatic carbocycles. The lowest BCUT2D eigenvalue weighted by molar-refractivity contribution is -0.0252. The molecule has 0 saturated carbocycles. The Bertz CT molecular complexity index is 1290. The van der Waals surface area contributed by atoms with Crippen LogP contribution < -0.4 is 4.72 Å². The van der Waals surface area contributed by atoms with Crippen LogP contribution in [-0.2, 0) is 10.0 Å². The number of amides is 1. The molecule has 0 spiro atoms. The second-order valence-corrected chi connectivity index (χ2v) is 10.7. The predicted octanol–water partition coefficient (Wildman–Crippen LogP) is 3.93. The molecule has 1 aliphatic heterocycles. The number of carbonyl (C=O) groups is 1. The molecule has 1 saturated heterocycles. The standard InChI is InChI=1S/C25H29FN4O4S/c1-18(26)4-3-11-25(32)12-16-30(17-13-25)24(31)19-7-9-20(10-8-19)29-35(33,34)22-6-2-5-21-23(22)28-15-14-27-21/h2,5-10,14-15,18,29,32H,3-4,11-13,16-17H2,1H3. The third-order valence-corrected chi connectivity index (χ3v) is 7.77. The van der Waals surface area contributed by atoms with E-state index in [1.165, 1.54) is 25.4 Å². The number of fused-ring (bicyclic) bond motifs is 1. The number of carbonyl (C=O) groups excluding carboxylic acids is 1. The van der Waals surface area contributed by atoms with Crippen molar-refractivity contribution in [3.8, 4) is 0 Å². The molecule has 10 heteroatoms. The van der Waals surface area contributed by atoms with Gasteiger partial charge in [0.25, 0.3) is 15.9 Å². The molecule has 2 aromatic carbocycles. The van der Waals surface area contributed by atoms with Crippen LogP contribution in [0.15, 0.2) is 59.8 Å². The second-order valence-electron chi connectivity index (χ2n) is 9.05. The number of likely N-dealkylation sites (tertiary alicyclic amines) is 1. The summed E-state index contributed by atoms with van der Waals surface area (Å²) in [7, 11) is -3.92. The van der Waals surface area contributed by atoms with Crippen molar-refractivity contribution in [3.05, 3.63) is 60.4 Å². The Morgan fingerprint density at radius 2 is 1.83 bits per heavy atom. The highest BCUT2D eigenvalue weighted by molar-refractivity contribution is 7.93. The zero-order chi connectivity index (χ0) is 25.1. The van der Waals surface area contributed by atoms with Gasteiger partial charge in [-0.2, -0.15) is 0 Å². The summed E-state index contributed by atoms with van der Waals surface area (Å²) >= 11 is 0. The number of nitrogens with one attached hydrogen (secondary N) is 1. The Morgan fingerprint density at radius 3 is 2.51 bits per heavy atom. The van der Waals surface area contributed by atoms with Crippen molar-refractivity contribution in [2.45, 2.75) is 55.7 Å². The summed E-state index contributed by atoms with van der Waals surface area (Å²) < 4.78 is 41.5. The minimum absolute atomic E-state index is 0.0185. The molecule has 1 aromatic heterocycles. The largest absolute Gasteiger partial charge is 0.390 e. The fourth-order valence-corrected chi connectivity index (χ4v) is 5.57. The third-order valence-electron chi connectivity index (χ3n) is 6.36. The first-order valence-corrected chi connectivity index (χ1v) is 13.1. The normalized spacial score (nSPS) is 16.7. The van der Waals surface area contributed by atoms with E-state index in [-0.39, 0.29) is 16.3 Å². The monoisotopic (exact) mass is 500 g/mol. The van der Waals surface area contributed by atoms with E-state index >= 15 is 0 Å². The van der Waals surface area contributed by atoms with Crippen LogP contribution in [0, 0.1) is 0 Å². The molecule has 35 heavy (non-hydrogen) atoms. The quantitative estimate of drug-likeness (QED) is 0.485. The number of hydrogen-bond acceptors (Lipinski definition) is 6. The maximum Gasteiger partial charge on any atom is 0.264 e. The zero-order valence-electron chi connectivity index (χ0n) is 19.5. The van der Waals surface area contributed by atoms with Gasteiger partial charge in [-0.05, 0) is 75.4 Å². The molecule has 4 rings (SSSR count). The van der Waals surface area contributed by atoms with Crippen molar-refractivity contribution in [2.24, 2.45) is 0 Å². The van der Waals surface area contributed by atoms with E-state index in [0.29, 0.717) is 62.0 Å². The molecule has 2 N–H and O–H groups in total. The number of benzene rings is 2. The van der Waals surface area contributed by atoms with Gasteiger partial charge in [-0.15, -0.1) is 0 Å². The van der Waals surface area contributed by atoms with E-state index in [9.17, 15) is 22.7 Å². The predicted molar refractivity (Wildman–Crippen MR) is 131 cm³/mol. The van der Waals surface area contributed by atoms with Gasteiger partial charge in [0, 0.05) is 36.7 Å². The van der Waals surface area contributed by atoms with Crippen molar-refractivity contribution < 1.29 is 22.7 Å². The van der Waals surface area contributed by atoms with Crippen molar-refractivity contribution in [1.82, 2.24) is 14.9 Å². The number of piperidine rings is 1. The first kappa shape index (κ1) is 25.0. The molecule has 186 valence electrons. The lowest BCUT2D eigenvalue weighted by atomic mass is 9.86. The summed E-state index contributed by atoms with van der Waals surface area (Å²) in [5.41, 5.74) is 0.637. The fraction of sp³-hybridized carbons (Fsp3) is 0.400. The maximum atomic E-state index is 13.0. The van der Waals surface area contributed by atoms with Gasteiger partial charge in [-0.25, -0.2) is 12.8 Å². The topological polar surface area (TPSA) is 112 Å². The minimum Gasteiger partial charge on any atom is -0.390 e. The van der Waals surface area contributed by atoms with Gasteiger partial charge in [0.1, 0.15) is 10.4 Å². The summed E-state index contributed by atoms with van der Waals surface area (Å²) in [6.07, 6.45) is 4.52. The number of para-hydroxylation sites is 1. The van der Waals surface area contributed by atoms with Gasteiger partial charge in [0.2, 0.25) is 0 Å². The van der Waals surface area contributed by atoms with E-state index < -0.39 is 21.8 Å². The second kappa shape index (κ2) is 10.2. The Morgan fingerprint density at radius 1 is 1.14 bits per heavy atom. The third kappa shape index (κ3) is 5.94. The molecular weight excluding hydrogens is 471 g/mol. The maximum absolute atomic E-state index is 13.0. The number of nitrogens with zero attached hydrogens (tertiary/aromatic N) is 3. The van der Waals surface area contributed by atoms with Crippen LogP contribution in [0.2, 0.25) is 0 Å². The Labute approximate surface area is 204 Å². The van der Waals surface area contributed by atoms with Gasteiger partial charge in [-0.1, -0.05) is 6.07 Å². The molecule has 1 unspecified atom stereocenters. The Balaban J connectivity index is 1.39.